The van der Waals surface area contributed by atoms with Crippen LogP contribution in [0.3, 0.4) is 0 Å². The predicted molar refractivity (Wildman–Crippen MR) is 92.5 cm³/mol. The molecule has 1 aromatic carbocycles. The van der Waals surface area contributed by atoms with Crippen LogP contribution in [0.25, 0.3) is 10.9 Å². The monoisotopic (exact) mass is 400 g/mol. The van der Waals surface area contributed by atoms with Crippen LogP contribution in [0.5, 0.6) is 0 Å². The molecule has 2 aromatic rings. The number of halogens is 4. The molecule has 1 amide bonds. The predicted octanol–water partition coefficient (Wildman–Crippen LogP) is 2.08. The third-order valence-electron chi connectivity index (χ3n) is 4.81. The number of nitrogens with one attached hydrogen (secondary N) is 2. The molecule has 1 saturated heterocycles. The van der Waals surface area contributed by atoms with Crippen LogP contribution in [-0.2, 0) is 11.2 Å². The van der Waals surface area contributed by atoms with Gasteiger partial charge in [0.2, 0.25) is 12.5 Å². The van der Waals surface area contributed by atoms with Gasteiger partial charge in [-0.25, -0.2) is 17.6 Å². The largest absolute Gasteiger partial charge is 0.346 e. The zero-order chi connectivity index (χ0) is 20.6. The highest BCUT2D eigenvalue weighted by Crippen LogP contribution is 2.22. The fourth-order valence-electron chi connectivity index (χ4n) is 3.47. The lowest BCUT2D eigenvalue weighted by molar-refractivity contribution is -0.611. The number of hydrogen-bond acceptors (Lipinski definition) is 3. The quantitative estimate of drug-likeness (QED) is 0.609. The number of hydrogen-bond donors (Lipinski definition) is 2. The van der Waals surface area contributed by atoms with Crippen molar-refractivity contribution < 1.29 is 27.1 Å². The van der Waals surface area contributed by atoms with Crippen molar-refractivity contribution in [3.05, 3.63) is 50.7 Å². The van der Waals surface area contributed by atoms with Crippen molar-refractivity contribution >= 4 is 16.8 Å². The van der Waals surface area contributed by atoms with Gasteiger partial charge in [-0.1, -0.05) is 0 Å². The van der Waals surface area contributed by atoms with Crippen molar-refractivity contribution in [3.63, 3.8) is 0 Å². The zero-order valence-electron chi connectivity index (χ0n) is 14.8. The van der Waals surface area contributed by atoms with Crippen LogP contribution in [0.4, 0.5) is 17.6 Å². The molecule has 1 aliphatic rings. The van der Waals surface area contributed by atoms with Crippen molar-refractivity contribution in [2.75, 3.05) is 6.54 Å². The Balaban J connectivity index is 1.76. The van der Waals surface area contributed by atoms with Crippen molar-refractivity contribution in [2.24, 2.45) is 0 Å². The molecule has 3 rings (SSSR count). The minimum Gasteiger partial charge on any atom is -0.346 e. The molecule has 4 atom stereocenters. The summed E-state index contributed by atoms with van der Waals surface area (Å²) in [5.41, 5.74) is -0.704. The second-order valence-electron chi connectivity index (χ2n) is 6.92. The van der Waals surface area contributed by atoms with E-state index in [1.165, 1.54) is 13.0 Å². The van der Waals surface area contributed by atoms with Crippen molar-refractivity contribution in [1.29, 1.82) is 0 Å². The number of H-pyrrole nitrogens is 1. The average molecular weight is 400 g/mol. The van der Waals surface area contributed by atoms with Gasteiger partial charge in [-0.2, -0.15) is 0 Å². The lowest BCUT2D eigenvalue weighted by atomic mass is 9.95. The van der Waals surface area contributed by atoms with Gasteiger partial charge in [0.05, 0.1) is 18.0 Å². The second-order valence-corrected chi connectivity index (χ2v) is 6.92. The summed E-state index contributed by atoms with van der Waals surface area (Å²) in [6.07, 6.45) is -4.24. The zero-order valence-corrected chi connectivity index (χ0v) is 14.8. The lowest BCUT2D eigenvalue weighted by Gasteiger charge is -2.25. The topological polar surface area (TPSA) is 82.0 Å². The molecule has 150 valence electrons. The molecular weight excluding hydrogens is 382 g/mol. The summed E-state index contributed by atoms with van der Waals surface area (Å²) in [7, 11) is 0. The summed E-state index contributed by atoms with van der Waals surface area (Å²) < 4.78 is 54.8. The van der Waals surface area contributed by atoms with E-state index in [9.17, 15) is 32.1 Å². The highest BCUT2D eigenvalue weighted by Gasteiger charge is 2.47. The van der Waals surface area contributed by atoms with E-state index >= 15 is 0 Å². The van der Waals surface area contributed by atoms with E-state index in [4.69, 9.17) is 0 Å². The van der Waals surface area contributed by atoms with Crippen LogP contribution in [0.2, 0.25) is 0 Å². The number of pyridine rings is 1. The summed E-state index contributed by atoms with van der Waals surface area (Å²) in [6, 6.07) is 0.948. The van der Waals surface area contributed by atoms with Crippen molar-refractivity contribution in [2.45, 2.75) is 44.2 Å². The molecule has 28 heavy (non-hydrogen) atoms. The molecule has 1 fully saturated rings. The highest BCUT2D eigenvalue weighted by atomic mass is 19.2. The first-order valence-corrected chi connectivity index (χ1v) is 8.68. The van der Waals surface area contributed by atoms with Gasteiger partial charge >= 0.3 is 0 Å². The van der Waals surface area contributed by atoms with Crippen LogP contribution in [0.1, 0.15) is 18.9 Å². The number of fused-ring (bicyclic) bond motifs is 1. The van der Waals surface area contributed by atoms with E-state index in [0.29, 0.717) is 0 Å². The minimum absolute atomic E-state index is 0.0756. The molecule has 0 saturated carbocycles. The van der Waals surface area contributed by atoms with Crippen LogP contribution in [-0.4, -0.2) is 46.6 Å². The Morgan fingerprint density at radius 2 is 2.07 bits per heavy atom. The number of carbonyl (C=O) groups excluding carboxylic acids is 1. The first-order chi connectivity index (χ1) is 13.2. The normalized spacial score (nSPS) is 23.6. The molecular formula is C18H18F4N3O3+. The maximum atomic E-state index is 14.0. The highest BCUT2D eigenvalue weighted by molar-refractivity contribution is 5.83. The first-order valence-electron chi connectivity index (χ1n) is 8.68. The van der Waals surface area contributed by atoms with E-state index in [1.54, 1.807) is 0 Å². The summed E-state index contributed by atoms with van der Waals surface area (Å²) in [6.45, 7) is 0.915. The molecule has 2 heterocycles. The molecule has 10 heteroatoms. The van der Waals surface area contributed by atoms with Crippen LogP contribution in [0.15, 0.2) is 23.0 Å². The number of benzene rings is 1. The van der Waals surface area contributed by atoms with E-state index in [2.05, 4.69) is 10.3 Å². The smallest absolute Gasteiger partial charge is 0.252 e. The third-order valence-corrected chi connectivity index (χ3v) is 4.81. The molecule has 1 aliphatic heterocycles. The molecule has 0 bridgehead atoms. The van der Waals surface area contributed by atoms with Crippen molar-refractivity contribution in [3.8, 4) is 0 Å². The van der Waals surface area contributed by atoms with Crippen LogP contribution in [0, 0.1) is 16.5 Å². The molecule has 3 unspecified atom stereocenters. The van der Waals surface area contributed by atoms with Gasteiger partial charge in [0.15, 0.2) is 24.0 Å². The summed E-state index contributed by atoms with van der Waals surface area (Å²) >= 11 is 0. The second kappa shape index (κ2) is 7.69. The molecule has 6 nitrogen and oxygen atoms in total. The number of nitroso groups, excluding NO2 is 1. The van der Waals surface area contributed by atoms with E-state index < -0.39 is 66.9 Å². The number of rotatable bonds is 4. The number of carbonyl (C=O) groups is 1. The SMILES string of the molecule is C[C@H](NC(=O)Cc1cc2c(F)c(F)ccc2[nH]c1=O)C1C(F)CC(F)C[N+]1=O. The molecule has 0 spiro atoms. The van der Waals surface area contributed by atoms with Crippen LogP contribution < -0.4 is 10.9 Å². The van der Waals surface area contributed by atoms with E-state index in [-0.39, 0.29) is 21.2 Å². The number of amides is 1. The van der Waals surface area contributed by atoms with Gasteiger partial charge in [0.25, 0.3) is 11.6 Å². The fraction of sp³-hybridized carbons (Fsp3) is 0.444. The van der Waals surface area contributed by atoms with Gasteiger partial charge in [-0.15, -0.1) is 0 Å². The summed E-state index contributed by atoms with van der Waals surface area (Å²) in [4.78, 5) is 38.5. The van der Waals surface area contributed by atoms with E-state index in [1.807, 2.05) is 0 Å². The lowest BCUT2D eigenvalue weighted by Crippen LogP contribution is -2.55. The number of piperidine rings is 1. The molecule has 0 radical (unpaired) electrons. The number of aromatic nitrogens is 1. The number of aromatic amines is 1. The van der Waals surface area contributed by atoms with E-state index in [0.717, 1.165) is 12.1 Å². The Bertz CT molecular complexity index is 994. The van der Waals surface area contributed by atoms with Gasteiger partial charge in [0, 0.05) is 27.0 Å². The number of nitrogens with zero attached hydrogens (tertiary/aromatic N) is 1. The van der Waals surface area contributed by atoms with Crippen LogP contribution >= 0.6 is 0 Å². The number of alkyl halides is 2. The Morgan fingerprint density at radius 1 is 1.36 bits per heavy atom. The first kappa shape index (κ1) is 20.0. The third kappa shape index (κ3) is 3.90. The van der Waals surface area contributed by atoms with Gasteiger partial charge in [-0.3, -0.25) is 9.59 Å². The van der Waals surface area contributed by atoms with Gasteiger partial charge in [0.1, 0.15) is 0 Å². The fourth-order valence-corrected chi connectivity index (χ4v) is 3.47. The van der Waals surface area contributed by atoms with Gasteiger partial charge in [-0.05, 0) is 25.1 Å². The summed E-state index contributed by atoms with van der Waals surface area (Å²) in [5, 5.41) is 2.22. The Labute approximate surface area is 156 Å². The Hall–Kier alpha value is -2.78. The summed E-state index contributed by atoms with van der Waals surface area (Å²) in [5.74, 6) is -2.97. The van der Waals surface area contributed by atoms with Crippen molar-refractivity contribution in [1.82, 2.24) is 10.3 Å². The van der Waals surface area contributed by atoms with Gasteiger partial charge < -0.3 is 10.3 Å². The minimum atomic E-state index is -1.75. The standard InChI is InChI=1S/C18H17F4N3O3/c1-8(17-13(21)6-10(19)7-25(17)28)23-15(26)5-9-4-11-14(24-18(9)27)3-2-12(20)16(11)22/h2-4,8,10,13,17H,5-7H2,1H3,(H-,23,24,26,27)/p+1/t8-,10?,13?,17?/m0/s1. The molecule has 2 N–H and O–H groups in total. The Kier molecular flexibility index (Phi) is 5.48. The molecule has 0 aliphatic carbocycles. The molecule has 1 aromatic heterocycles. The Morgan fingerprint density at radius 3 is 2.75 bits per heavy atom. The average Bonchev–Trinajstić information content (AvgIpc) is 2.58. The maximum absolute atomic E-state index is 14.0. The maximum Gasteiger partial charge on any atom is 0.252 e.